The number of aromatic nitrogens is 3. The third kappa shape index (κ3) is 7.20. The molecule has 43 heavy (non-hydrogen) atoms. The third-order valence-electron chi connectivity index (χ3n) is 7.19. The van der Waals surface area contributed by atoms with Gasteiger partial charge in [-0.15, -0.1) is 0 Å². The van der Waals surface area contributed by atoms with Crippen molar-refractivity contribution in [1.29, 1.82) is 0 Å². The lowest BCUT2D eigenvalue weighted by molar-refractivity contribution is 0.0871. The van der Waals surface area contributed by atoms with Gasteiger partial charge in [-0.3, -0.25) is 4.79 Å². The van der Waals surface area contributed by atoms with Gasteiger partial charge in [0.2, 0.25) is 0 Å². The largest absolute Gasteiger partial charge is 0.453 e. The number of anilines is 2. The lowest BCUT2D eigenvalue weighted by Crippen LogP contribution is -2.50. The number of rotatable bonds is 8. The third-order valence-corrected chi connectivity index (χ3v) is 9.98. The number of hydrogen-bond acceptors (Lipinski definition) is 9. The quantitative estimate of drug-likeness (QED) is 0.206. The molecule has 1 saturated heterocycles. The lowest BCUT2D eigenvalue weighted by Gasteiger charge is -2.42. The van der Waals surface area contributed by atoms with Gasteiger partial charge in [0, 0.05) is 37.4 Å². The maximum atomic E-state index is 15.6. The van der Waals surface area contributed by atoms with Crippen molar-refractivity contribution < 1.29 is 18.7 Å². The van der Waals surface area contributed by atoms with Crippen LogP contribution in [0.1, 0.15) is 34.5 Å². The lowest BCUT2D eigenvalue weighted by atomic mass is 9.72. The van der Waals surface area contributed by atoms with E-state index < -0.39 is 23.2 Å². The van der Waals surface area contributed by atoms with Crippen molar-refractivity contribution in [2.24, 2.45) is 0 Å². The van der Waals surface area contributed by atoms with Crippen LogP contribution < -0.4 is 10.6 Å². The molecule has 4 heterocycles. The number of hydrogen-bond donors (Lipinski definition) is 2. The fraction of sp³-hybridized carbons (Fsp3) is 0.276. The molecule has 0 atom stereocenters. The van der Waals surface area contributed by atoms with Crippen LogP contribution >= 0.6 is 46.3 Å². The number of aryl methyl sites for hydroxylation is 1. The van der Waals surface area contributed by atoms with E-state index in [9.17, 15) is 9.59 Å². The Morgan fingerprint density at radius 2 is 1.86 bits per heavy atom. The second kappa shape index (κ2) is 13.5. The molecular formula is C29H27Cl2FN6O3S2. The van der Waals surface area contributed by atoms with Gasteiger partial charge < -0.3 is 20.3 Å². The summed E-state index contributed by atoms with van der Waals surface area (Å²) < 4.78 is 21.2. The number of pyridine rings is 2. The standard InChI is InChI=1S/C29H27Cl2FN6O3S2/c1-17-5-9-33-22(13-17)37-27-35-15-23(43-27)42-21-6-10-34-25(24(21)32)26(39)36-16-29(18-3-4-19(30)20(31)14-18)7-11-38(12-8-29)28(40)41-2/h3-6,9-10,13-15H,7-8,11-12,16H2,1-2H3,(H,36,39)(H,33,35,37). The van der Waals surface area contributed by atoms with Gasteiger partial charge in [-0.25, -0.2) is 24.1 Å². The van der Waals surface area contributed by atoms with E-state index in [1.807, 2.05) is 25.1 Å². The van der Waals surface area contributed by atoms with Crippen LogP contribution in [0.15, 0.2) is 64.1 Å². The number of benzene rings is 1. The molecule has 0 bridgehead atoms. The van der Waals surface area contributed by atoms with E-state index in [4.69, 9.17) is 27.9 Å². The molecular weight excluding hydrogens is 634 g/mol. The van der Waals surface area contributed by atoms with E-state index in [0.717, 1.165) is 27.1 Å². The summed E-state index contributed by atoms with van der Waals surface area (Å²) in [6.07, 6.45) is 5.37. The normalized spacial score (nSPS) is 14.3. The molecule has 1 aliphatic rings. The minimum Gasteiger partial charge on any atom is -0.453 e. The van der Waals surface area contributed by atoms with E-state index in [2.05, 4.69) is 25.6 Å². The molecule has 0 spiro atoms. The fourth-order valence-corrected chi connectivity index (χ4v) is 6.99. The Kier molecular flexibility index (Phi) is 9.70. The zero-order chi connectivity index (χ0) is 30.6. The van der Waals surface area contributed by atoms with Crippen LogP contribution in [0.4, 0.5) is 20.1 Å². The Morgan fingerprint density at radius 1 is 1.09 bits per heavy atom. The topological polar surface area (TPSA) is 109 Å². The molecule has 14 heteroatoms. The summed E-state index contributed by atoms with van der Waals surface area (Å²) in [5.74, 6) is -0.709. The summed E-state index contributed by atoms with van der Waals surface area (Å²) in [4.78, 5) is 39.9. The summed E-state index contributed by atoms with van der Waals surface area (Å²) in [5.41, 5.74) is 1.03. The van der Waals surface area contributed by atoms with E-state index in [0.29, 0.717) is 46.9 Å². The van der Waals surface area contributed by atoms with Gasteiger partial charge in [0.1, 0.15) is 5.82 Å². The maximum Gasteiger partial charge on any atom is 0.409 e. The van der Waals surface area contributed by atoms with Crippen molar-refractivity contribution in [3.8, 4) is 0 Å². The smallest absolute Gasteiger partial charge is 0.409 e. The zero-order valence-electron chi connectivity index (χ0n) is 23.2. The molecule has 1 aliphatic heterocycles. The summed E-state index contributed by atoms with van der Waals surface area (Å²) >= 11 is 15.0. The van der Waals surface area contributed by atoms with Gasteiger partial charge in [-0.2, -0.15) is 0 Å². The number of carbonyl (C=O) groups excluding carboxylic acids is 2. The van der Waals surface area contributed by atoms with Crippen LogP contribution in [0.3, 0.4) is 0 Å². The van der Waals surface area contributed by atoms with Gasteiger partial charge in [0.15, 0.2) is 16.6 Å². The second-order valence-electron chi connectivity index (χ2n) is 9.95. The molecule has 0 radical (unpaired) electrons. The summed E-state index contributed by atoms with van der Waals surface area (Å²) in [6, 6.07) is 10.6. The van der Waals surface area contributed by atoms with E-state index in [1.54, 1.807) is 29.4 Å². The minimum absolute atomic E-state index is 0.175. The van der Waals surface area contributed by atoms with E-state index in [1.165, 1.54) is 30.7 Å². The Hall–Kier alpha value is -3.45. The molecule has 4 aromatic rings. The van der Waals surface area contributed by atoms with Gasteiger partial charge in [0.25, 0.3) is 5.91 Å². The molecule has 3 aromatic heterocycles. The number of ether oxygens (including phenoxy) is 1. The first kappa shape index (κ1) is 31.0. The first-order chi connectivity index (χ1) is 20.7. The molecule has 0 saturated carbocycles. The first-order valence-electron chi connectivity index (χ1n) is 13.2. The number of amides is 2. The van der Waals surface area contributed by atoms with Crippen LogP contribution in [0.2, 0.25) is 10.0 Å². The average Bonchev–Trinajstić information content (AvgIpc) is 3.44. The van der Waals surface area contributed by atoms with Crippen LogP contribution in [0, 0.1) is 12.7 Å². The SMILES string of the molecule is COC(=O)N1CCC(CNC(=O)c2nccc(Sc3cnc(Nc4cc(C)ccn4)s3)c2F)(c2ccc(Cl)c(Cl)c2)CC1. The molecule has 0 aliphatic carbocycles. The Bertz CT molecular complexity index is 1650. The van der Waals surface area contributed by atoms with Crippen molar-refractivity contribution in [3.05, 3.63) is 87.7 Å². The van der Waals surface area contributed by atoms with Crippen molar-refractivity contribution in [3.63, 3.8) is 0 Å². The van der Waals surface area contributed by atoms with Crippen molar-refractivity contribution >= 4 is 69.3 Å². The van der Waals surface area contributed by atoms with Crippen molar-refractivity contribution in [2.45, 2.75) is 34.3 Å². The average molecular weight is 662 g/mol. The Balaban J connectivity index is 1.30. The summed E-state index contributed by atoms with van der Waals surface area (Å²) in [7, 11) is 1.34. The predicted molar refractivity (Wildman–Crippen MR) is 166 cm³/mol. The highest BCUT2D eigenvalue weighted by atomic mass is 35.5. The Morgan fingerprint density at radius 3 is 2.58 bits per heavy atom. The van der Waals surface area contributed by atoms with Gasteiger partial charge in [0.05, 0.1) is 32.5 Å². The molecule has 0 unspecified atom stereocenters. The number of piperidine rings is 1. The zero-order valence-corrected chi connectivity index (χ0v) is 26.3. The highest BCUT2D eigenvalue weighted by molar-refractivity contribution is 8.01. The van der Waals surface area contributed by atoms with Crippen molar-refractivity contribution in [2.75, 3.05) is 32.1 Å². The van der Waals surface area contributed by atoms with Crippen LogP contribution in [-0.4, -0.2) is 58.6 Å². The van der Waals surface area contributed by atoms with Crippen LogP contribution in [-0.2, 0) is 10.2 Å². The number of carbonyl (C=O) groups is 2. The summed E-state index contributed by atoms with van der Waals surface area (Å²) in [5, 5.41) is 7.43. The highest BCUT2D eigenvalue weighted by Gasteiger charge is 2.39. The number of nitrogens with zero attached hydrogens (tertiary/aromatic N) is 4. The van der Waals surface area contributed by atoms with Gasteiger partial charge in [-0.05, 0) is 61.2 Å². The molecule has 1 aromatic carbocycles. The molecule has 2 amide bonds. The van der Waals surface area contributed by atoms with E-state index in [-0.39, 0.29) is 17.1 Å². The van der Waals surface area contributed by atoms with E-state index >= 15 is 4.39 Å². The summed E-state index contributed by atoms with van der Waals surface area (Å²) in [6.45, 7) is 2.96. The molecule has 5 rings (SSSR count). The van der Waals surface area contributed by atoms with Crippen LogP contribution in [0.5, 0.6) is 0 Å². The second-order valence-corrected chi connectivity index (χ2v) is 13.1. The van der Waals surface area contributed by atoms with Crippen LogP contribution in [0.25, 0.3) is 0 Å². The molecule has 1 fully saturated rings. The van der Waals surface area contributed by atoms with Crippen molar-refractivity contribution in [1.82, 2.24) is 25.2 Å². The first-order valence-corrected chi connectivity index (χ1v) is 15.6. The maximum absolute atomic E-state index is 15.6. The Labute approximate surface area is 266 Å². The number of thiazole rings is 1. The minimum atomic E-state index is -0.725. The van der Waals surface area contributed by atoms with Gasteiger partial charge in [-0.1, -0.05) is 52.4 Å². The fourth-order valence-electron chi connectivity index (χ4n) is 4.82. The number of methoxy groups -OCH3 is 1. The molecule has 224 valence electrons. The molecule has 2 N–H and O–H groups in total. The molecule has 9 nitrogen and oxygen atoms in total. The number of halogens is 3. The number of likely N-dealkylation sites (tertiary alicyclic amines) is 1. The van der Waals surface area contributed by atoms with Gasteiger partial charge >= 0.3 is 6.09 Å². The predicted octanol–water partition coefficient (Wildman–Crippen LogP) is 7.11. The monoisotopic (exact) mass is 660 g/mol. The number of nitrogens with one attached hydrogen (secondary N) is 2. The highest BCUT2D eigenvalue weighted by Crippen LogP contribution is 2.39.